The molecule has 1 aromatic heterocycles. The number of β-amino-alcohol motifs (C(OH)–C–C–N with tert-alkyl or cyclic N) is 1. The van der Waals surface area contributed by atoms with Gasteiger partial charge in [0.15, 0.2) is 0 Å². The third-order valence-electron chi connectivity index (χ3n) is 4.37. The highest BCUT2D eigenvalue weighted by Crippen LogP contribution is 2.27. The molecule has 0 aliphatic carbocycles. The lowest BCUT2D eigenvalue weighted by Gasteiger charge is -2.14. The van der Waals surface area contributed by atoms with Crippen LogP contribution < -0.4 is 4.74 Å². The fourth-order valence-corrected chi connectivity index (χ4v) is 3.06. The number of benzene rings is 1. The van der Waals surface area contributed by atoms with Crippen molar-refractivity contribution in [3.63, 3.8) is 0 Å². The number of hydrogen-bond acceptors (Lipinski definition) is 4. The predicted octanol–water partition coefficient (Wildman–Crippen LogP) is 1.68. The standard InChI is InChI=1S/C16H22N2O3/c1-10-12-6-11(20-2)4-5-13(12)17-14(10)7-18-8-15(19)16(9-18)21-3/h4-6,15-17,19H,7-9H2,1-3H3/t15-,16-/m0/s1. The van der Waals surface area contributed by atoms with Gasteiger partial charge in [0, 0.05) is 43.3 Å². The number of nitrogens with one attached hydrogen (secondary N) is 1. The number of aryl methyl sites for hydroxylation is 1. The second-order valence-electron chi connectivity index (χ2n) is 5.68. The largest absolute Gasteiger partial charge is 0.497 e. The molecule has 0 saturated carbocycles. The van der Waals surface area contributed by atoms with Crippen molar-refractivity contribution in [1.29, 1.82) is 0 Å². The van der Waals surface area contributed by atoms with Gasteiger partial charge in [-0.25, -0.2) is 0 Å². The molecule has 1 saturated heterocycles. The molecule has 21 heavy (non-hydrogen) atoms. The highest BCUT2D eigenvalue weighted by molar-refractivity contribution is 5.85. The van der Waals surface area contributed by atoms with Crippen molar-refractivity contribution >= 4 is 10.9 Å². The maximum absolute atomic E-state index is 9.92. The zero-order valence-electron chi connectivity index (χ0n) is 12.7. The summed E-state index contributed by atoms with van der Waals surface area (Å²) in [5.41, 5.74) is 3.53. The van der Waals surface area contributed by atoms with Gasteiger partial charge in [0.05, 0.1) is 19.3 Å². The lowest BCUT2D eigenvalue weighted by molar-refractivity contribution is 0.0214. The van der Waals surface area contributed by atoms with Crippen LogP contribution in [0.5, 0.6) is 5.75 Å². The van der Waals surface area contributed by atoms with Gasteiger partial charge in [0.2, 0.25) is 0 Å². The first-order chi connectivity index (χ1) is 10.1. The van der Waals surface area contributed by atoms with E-state index < -0.39 is 6.10 Å². The Hall–Kier alpha value is -1.56. The number of fused-ring (bicyclic) bond motifs is 1. The van der Waals surface area contributed by atoms with E-state index in [2.05, 4.69) is 22.9 Å². The second-order valence-corrected chi connectivity index (χ2v) is 5.68. The number of hydrogen-bond donors (Lipinski definition) is 2. The summed E-state index contributed by atoms with van der Waals surface area (Å²) in [6.07, 6.45) is -0.491. The molecule has 0 unspecified atom stereocenters. The summed E-state index contributed by atoms with van der Waals surface area (Å²) in [5, 5.41) is 11.1. The Bertz CT molecular complexity index is 638. The van der Waals surface area contributed by atoms with Crippen LogP contribution >= 0.6 is 0 Å². The normalized spacial score (nSPS) is 23.0. The Kier molecular flexibility index (Phi) is 3.89. The SMILES string of the molecule is COc1ccc2[nH]c(CN3C[C@H](OC)[C@@H](O)C3)c(C)c2c1. The van der Waals surface area contributed by atoms with E-state index in [1.165, 1.54) is 16.6 Å². The Morgan fingerprint density at radius 1 is 1.33 bits per heavy atom. The van der Waals surface area contributed by atoms with E-state index in [4.69, 9.17) is 9.47 Å². The maximum atomic E-state index is 9.92. The zero-order valence-corrected chi connectivity index (χ0v) is 12.7. The van der Waals surface area contributed by atoms with Gasteiger partial charge in [-0.2, -0.15) is 0 Å². The number of ether oxygens (including phenoxy) is 2. The summed E-state index contributed by atoms with van der Waals surface area (Å²) in [4.78, 5) is 5.69. The topological polar surface area (TPSA) is 57.7 Å². The first kappa shape index (κ1) is 14.4. The van der Waals surface area contributed by atoms with Crippen LogP contribution in [-0.2, 0) is 11.3 Å². The number of likely N-dealkylation sites (tertiary alicyclic amines) is 1. The van der Waals surface area contributed by atoms with Crippen molar-refractivity contribution in [3.8, 4) is 5.75 Å². The van der Waals surface area contributed by atoms with Crippen molar-refractivity contribution in [1.82, 2.24) is 9.88 Å². The van der Waals surface area contributed by atoms with Gasteiger partial charge < -0.3 is 19.6 Å². The van der Waals surface area contributed by atoms with Crippen LogP contribution in [-0.4, -0.2) is 54.5 Å². The van der Waals surface area contributed by atoms with Gasteiger partial charge in [-0.3, -0.25) is 4.90 Å². The molecule has 3 rings (SSSR count). The summed E-state index contributed by atoms with van der Waals surface area (Å²) >= 11 is 0. The minimum absolute atomic E-state index is 0.0882. The van der Waals surface area contributed by atoms with Crippen LogP contribution in [0, 0.1) is 6.92 Å². The number of aliphatic hydroxyl groups is 1. The second kappa shape index (κ2) is 5.67. The lowest BCUT2D eigenvalue weighted by atomic mass is 10.1. The number of H-pyrrole nitrogens is 1. The summed E-state index contributed by atoms with van der Waals surface area (Å²) in [5.74, 6) is 0.868. The van der Waals surface area contributed by atoms with E-state index in [1.54, 1.807) is 14.2 Å². The summed E-state index contributed by atoms with van der Waals surface area (Å²) in [6.45, 7) is 4.32. The molecule has 1 aliphatic heterocycles. The van der Waals surface area contributed by atoms with E-state index in [0.29, 0.717) is 6.54 Å². The molecule has 2 aromatic rings. The summed E-state index contributed by atoms with van der Waals surface area (Å²) in [6, 6.07) is 6.06. The first-order valence-electron chi connectivity index (χ1n) is 7.20. The average Bonchev–Trinajstić information content (AvgIpc) is 3.00. The number of aromatic amines is 1. The van der Waals surface area contributed by atoms with Crippen LogP contribution in [0.1, 0.15) is 11.3 Å². The minimum Gasteiger partial charge on any atom is -0.497 e. The molecule has 2 atom stereocenters. The van der Waals surface area contributed by atoms with Crippen LogP contribution in [0.3, 0.4) is 0 Å². The number of aliphatic hydroxyl groups excluding tert-OH is 1. The third kappa shape index (κ3) is 2.64. The van der Waals surface area contributed by atoms with E-state index in [-0.39, 0.29) is 6.10 Å². The van der Waals surface area contributed by atoms with Gasteiger partial charge in [0.25, 0.3) is 0 Å². The van der Waals surface area contributed by atoms with Gasteiger partial charge >= 0.3 is 0 Å². The number of nitrogens with zero attached hydrogens (tertiary/aromatic N) is 1. The van der Waals surface area contributed by atoms with Crippen LogP contribution in [0.25, 0.3) is 10.9 Å². The lowest BCUT2D eigenvalue weighted by Crippen LogP contribution is -2.25. The van der Waals surface area contributed by atoms with Gasteiger partial charge in [0.1, 0.15) is 5.75 Å². The molecule has 114 valence electrons. The highest BCUT2D eigenvalue weighted by atomic mass is 16.5. The first-order valence-corrected chi connectivity index (χ1v) is 7.20. The van der Waals surface area contributed by atoms with E-state index in [9.17, 15) is 5.11 Å². The van der Waals surface area contributed by atoms with Crippen molar-refractivity contribution in [2.75, 3.05) is 27.3 Å². The summed E-state index contributed by atoms with van der Waals surface area (Å²) < 4.78 is 10.6. The van der Waals surface area contributed by atoms with Gasteiger partial charge in [-0.05, 0) is 30.7 Å². The molecular formula is C16H22N2O3. The predicted molar refractivity (Wildman–Crippen MR) is 81.7 cm³/mol. The van der Waals surface area contributed by atoms with Gasteiger partial charge in [-0.1, -0.05) is 0 Å². The van der Waals surface area contributed by atoms with E-state index in [1.807, 2.05) is 12.1 Å². The average molecular weight is 290 g/mol. The molecule has 1 fully saturated rings. The smallest absolute Gasteiger partial charge is 0.119 e. The van der Waals surface area contributed by atoms with E-state index >= 15 is 0 Å². The fraction of sp³-hybridized carbons (Fsp3) is 0.500. The van der Waals surface area contributed by atoms with Crippen molar-refractivity contribution in [3.05, 3.63) is 29.5 Å². The van der Waals surface area contributed by atoms with E-state index in [0.717, 1.165) is 24.4 Å². The number of aromatic nitrogens is 1. The van der Waals surface area contributed by atoms with Crippen LogP contribution in [0.2, 0.25) is 0 Å². The third-order valence-corrected chi connectivity index (χ3v) is 4.37. The Balaban J connectivity index is 1.83. The minimum atomic E-state index is -0.403. The molecule has 0 amide bonds. The molecule has 1 aliphatic rings. The maximum Gasteiger partial charge on any atom is 0.119 e. The van der Waals surface area contributed by atoms with Crippen molar-refractivity contribution in [2.24, 2.45) is 0 Å². The monoisotopic (exact) mass is 290 g/mol. The molecule has 5 nitrogen and oxygen atoms in total. The molecule has 5 heteroatoms. The Labute approximate surface area is 124 Å². The number of rotatable bonds is 4. The molecule has 2 heterocycles. The zero-order chi connectivity index (χ0) is 15.0. The summed E-state index contributed by atoms with van der Waals surface area (Å²) in [7, 11) is 3.33. The highest BCUT2D eigenvalue weighted by Gasteiger charge is 2.31. The molecule has 2 N–H and O–H groups in total. The Morgan fingerprint density at radius 2 is 2.14 bits per heavy atom. The molecule has 1 aromatic carbocycles. The van der Waals surface area contributed by atoms with Gasteiger partial charge in [-0.15, -0.1) is 0 Å². The molecule has 0 bridgehead atoms. The molecule has 0 spiro atoms. The molecular weight excluding hydrogens is 268 g/mol. The van der Waals surface area contributed by atoms with Crippen molar-refractivity contribution < 1.29 is 14.6 Å². The quantitative estimate of drug-likeness (QED) is 0.899. The fourth-order valence-electron chi connectivity index (χ4n) is 3.06. The van der Waals surface area contributed by atoms with Crippen LogP contribution in [0.4, 0.5) is 0 Å². The number of methoxy groups -OCH3 is 2. The van der Waals surface area contributed by atoms with Crippen molar-refractivity contribution in [2.45, 2.75) is 25.7 Å². The van der Waals surface area contributed by atoms with Crippen LogP contribution in [0.15, 0.2) is 18.2 Å². The Morgan fingerprint density at radius 3 is 2.81 bits per heavy atom. The molecule has 0 radical (unpaired) electrons.